The zero-order valence-electron chi connectivity index (χ0n) is 14.0. The molecular weight excluding hydrogens is 351 g/mol. The van der Waals surface area contributed by atoms with E-state index < -0.39 is 11.5 Å². The van der Waals surface area contributed by atoms with Gasteiger partial charge in [-0.15, -0.1) is 0 Å². The summed E-state index contributed by atoms with van der Waals surface area (Å²) in [6.07, 6.45) is 0.0816. The van der Waals surface area contributed by atoms with Gasteiger partial charge in [0, 0.05) is 17.4 Å². The van der Waals surface area contributed by atoms with Crippen LogP contribution in [0.2, 0.25) is 5.02 Å². The van der Waals surface area contributed by atoms with Gasteiger partial charge < -0.3 is 9.52 Å². The minimum absolute atomic E-state index is 0. The van der Waals surface area contributed by atoms with E-state index in [2.05, 4.69) is 0 Å². The second-order valence-electron chi connectivity index (χ2n) is 5.66. The van der Waals surface area contributed by atoms with Crippen LogP contribution in [0.1, 0.15) is 30.4 Å². The first-order valence-electron chi connectivity index (χ1n) is 7.47. The summed E-state index contributed by atoms with van der Waals surface area (Å²) < 4.78 is 5.33. The third kappa shape index (κ3) is 4.15. The van der Waals surface area contributed by atoms with Crippen molar-refractivity contribution in [2.45, 2.75) is 19.3 Å². The molecule has 25 heavy (non-hydrogen) atoms. The second-order valence-corrected chi connectivity index (χ2v) is 6.09. The molecule has 2 aromatic carbocycles. The molecule has 0 amide bonds. The zero-order valence-corrected chi connectivity index (χ0v) is 16.7. The molecule has 0 spiro atoms. The quantitative estimate of drug-likeness (QED) is 0.558. The summed E-state index contributed by atoms with van der Waals surface area (Å²) in [6.45, 7) is 1.45. The third-order valence-electron chi connectivity index (χ3n) is 3.93. The van der Waals surface area contributed by atoms with E-state index >= 15 is 0 Å². The summed E-state index contributed by atoms with van der Waals surface area (Å²) in [4.78, 5) is 24.2. The Morgan fingerprint density at radius 1 is 1.16 bits per heavy atom. The fraction of sp³-hybridized carbons (Fsp3) is 0.158. The molecule has 122 valence electrons. The molecule has 1 unspecified atom stereocenters. The number of rotatable bonds is 4. The van der Waals surface area contributed by atoms with Crippen molar-refractivity contribution in [3.05, 3.63) is 75.1 Å². The Labute approximate surface area is 171 Å². The average Bonchev–Trinajstić information content (AvgIpc) is 2.54. The number of hydrogen-bond acceptors (Lipinski definition) is 4. The van der Waals surface area contributed by atoms with E-state index in [-0.39, 0.29) is 53.1 Å². The molecule has 0 aliphatic carbocycles. The first kappa shape index (κ1) is 19.7. The van der Waals surface area contributed by atoms with Gasteiger partial charge in [0.15, 0.2) is 0 Å². The molecule has 0 aliphatic rings. The number of para-hydroxylation sites is 1. The van der Waals surface area contributed by atoms with Crippen LogP contribution in [-0.4, -0.2) is 10.9 Å². The van der Waals surface area contributed by atoms with Gasteiger partial charge in [0.25, 0.3) is 0 Å². The van der Waals surface area contributed by atoms with E-state index in [9.17, 15) is 14.7 Å². The van der Waals surface area contributed by atoms with Crippen molar-refractivity contribution in [2.75, 3.05) is 0 Å². The third-order valence-corrected chi connectivity index (χ3v) is 4.18. The number of ketones is 1. The smallest absolute Gasteiger partial charge is 0.507 e. The Morgan fingerprint density at radius 3 is 2.44 bits per heavy atom. The number of halogens is 1. The summed E-state index contributed by atoms with van der Waals surface area (Å²) in [5.41, 5.74) is 0.465. The Hall–Kier alpha value is -1.59. The number of aromatic hydroxyl groups is 1. The van der Waals surface area contributed by atoms with E-state index in [1.165, 1.54) is 6.92 Å². The maximum atomic E-state index is 12.5. The SMILES string of the molecule is CC(=O)CC(c1ccc(Cl)cc1)c1c(O)c2ccccc2oc1=O.[Na+]. The first-order chi connectivity index (χ1) is 11.5. The fourth-order valence-corrected chi connectivity index (χ4v) is 2.95. The molecule has 4 nitrogen and oxygen atoms in total. The van der Waals surface area contributed by atoms with Gasteiger partial charge in [-0.05, 0) is 36.8 Å². The molecule has 1 aromatic heterocycles. The molecule has 0 bridgehead atoms. The van der Waals surface area contributed by atoms with Gasteiger partial charge in [0.05, 0.1) is 10.9 Å². The maximum Gasteiger partial charge on any atom is 1.00 e. The predicted molar refractivity (Wildman–Crippen MR) is 92.7 cm³/mol. The van der Waals surface area contributed by atoms with E-state index in [4.69, 9.17) is 16.0 Å². The molecular formula is C19H15ClNaO4+. The van der Waals surface area contributed by atoms with Crippen molar-refractivity contribution >= 4 is 28.4 Å². The maximum absolute atomic E-state index is 12.5. The van der Waals surface area contributed by atoms with Crippen LogP contribution in [0.3, 0.4) is 0 Å². The predicted octanol–water partition coefficient (Wildman–Crippen LogP) is 1.27. The average molecular weight is 366 g/mol. The molecule has 0 aliphatic heterocycles. The largest absolute Gasteiger partial charge is 1.00 e. The summed E-state index contributed by atoms with van der Waals surface area (Å²) >= 11 is 5.91. The number of carbonyl (C=O) groups excluding carboxylic acids is 1. The monoisotopic (exact) mass is 365 g/mol. The van der Waals surface area contributed by atoms with E-state index in [0.717, 1.165) is 0 Å². The molecule has 0 fully saturated rings. The van der Waals surface area contributed by atoms with E-state index in [0.29, 0.717) is 21.6 Å². The molecule has 6 heteroatoms. The minimum atomic E-state index is -0.646. The minimum Gasteiger partial charge on any atom is -0.507 e. The number of Topliss-reactive ketones (excluding diaryl/α,β-unsaturated/α-hetero) is 1. The van der Waals surface area contributed by atoms with E-state index in [1.54, 1.807) is 48.5 Å². The van der Waals surface area contributed by atoms with Crippen LogP contribution in [-0.2, 0) is 4.79 Å². The molecule has 1 atom stereocenters. The van der Waals surface area contributed by atoms with Crippen LogP contribution < -0.4 is 35.2 Å². The van der Waals surface area contributed by atoms with E-state index in [1.807, 2.05) is 0 Å². The summed E-state index contributed by atoms with van der Waals surface area (Å²) in [6, 6.07) is 13.6. The molecule has 3 rings (SSSR count). The van der Waals surface area contributed by atoms with Crippen molar-refractivity contribution in [1.29, 1.82) is 0 Å². The Morgan fingerprint density at radius 2 is 1.80 bits per heavy atom. The molecule has 0 saturated carbocycles. The topological polar surface area (TPSA) is 67.5 Å². The normalized spacial score (nSPS) is 11.8. The van der Waals surface area contributed by atoms with Gasteiger partial charge in [-0.25, -0.2) is 4.79 Å². The van der Waals surface area contributed by atoms with Gasteiger partial charge in [-0.1, -0.05) is 35.9 Å². The number of carbonyl (C=O) groups is 1. The van der Waals surface area contributed by atoms with Gasteiger partial charge in [0.2, 0.25) is 0 Å². The Kier molecular flexibility index (Phi) is 6.47. The van der Waals surface area contributed by atoms with Crippen molar-refractivity contribution in [2.24, 2.45) is 0 Å². The standard InChI is InChI=1S/C19H15ClO4.Na/c1-11(21)10-15(12-6-8-13(20)9-7-12)17-18(22)14-4-2-3-5-16(14)24-19(17)23;/h2-9,15,22H,10H2,1H3;/q;+1. The van der Waals surface area contributed by atoms with Gasteiger partial charge >= 0.3 is 35.2 Å². The van der Waals surface area contributed by atoms with Crippen molar-refractivity contribution in [3.8, 4) is 5.75 Å². The Bertz CT molecular complexity index is 963. The molecule has 1 N–H and O–H groups in total. The summed E-state index contributed by atoms with van der Waals surface area (Å²) in [7, 11) is 0. The zero-order chi connectivity index (χ0) is 17.3. The van der Waals surface area contributed by atoms with Gasteiger partial charge in [0.1, 0.15) is 17.1 Å². The molecule has 0 radical (unpaired) electrons. The molecule has 3 aromatic rings. The van der Waals surface area contributed by atoms with Crippen molar-refractivity contribution < 1.29 is 43.9 Å². The van der Waals surface area contributed by atoms with Gasteiger partial charge in [-0.2, -0.15) is 0 Å². The second kappa shape index (κ2) is 8.19. The summed E-state index contributed by atoms with van der Waals surface area (Å²) in [5, 5.41) is 11.6. The summed E-state index contributed by atoms with van der Waals surface area (Å²) in [5.74, 6) is -0.842. The van der Waals surface area contributed by atoms with Crippen LogP contribution in [0, 0.1) is 0 Å². The van der Waals surface area contributed by atoms with Crippen LogP contribution in [0.15, 0.2) is 57.7 Å². The molecule has 1 heterocycles. The van der Waals surface area contributed by atoms with Crippen LogP contribution >= 0.6 is 11.6 Å². The molecule has 0 saturated heterocycles. The van der Waals surface area contributed by atoms with Crippen LogP contribution in [0.25, 0.3) is 11.0 Å². The number of benzene rings is 2. The van der Waals surface area contributed by atoms with Crippen molar-refractivity contribution in [1.82, 2.24) is 0 Å². The van der Waals surface area contributed by atoms with Gasteiger partial charge in [-0.3, -0.25) is 4.79 Å². The number of hydrogen-bond donors (Lipinski definition) is 1. The Balaban J connectivity index is 0.00000225. The first-order valence-corrected chi connectivity index (χ1v) is 7.84. The van der Waals surface area contributed by atoms with Crippen LogP contribution in [0.5, 0.6) is 5.75 Å². The number of fused-ring (bicyclic) bond motifs is 1. The van der Waals surface area contributed by atoms with Crippen LogP contribution in [0.4, 0.5) is 0 Å². The van der Waals surface area contributed by atoms with Crippen molar-refractivity contribution in [3.63, 3.8) is 0 Å². The fourth-order valence-electron chi connectivity index (χ4n) is 2.82.